The Morgan fingerprint density at radius 2 is 2.22 bits per heavy atom. The summed E-state index contributed by atoms with van der Waals surface area (Å²) in [6, 6.07) is 11.5. The molecule has 1 aromatic heterocycles. The maximum Gasteiger partial charge on any atom is 0.274 e. The molecular weight excluding hydrogens is 290 g/mol. The fourth-order valence-electron chi connectivity index (χ4n) is 3.22. The Morgan fingerprint density at radius 3 is 2.91 bits per heavy atom. The van der Waals surface area contributed by atoms with Gasteiger partial charge in [0, 0.05) is 18.3 Å². The Labute approximate surface area is 136 Å². The fourth-order valence-corrected chi connectivity index (χ4v) is 3.22. The number of aromatic nitrogens is 2. The molecule has 1 aliphatic heterocycles. The summed E-state index contributed by atoms with van der Waals surface area (Å²) >= 11 is 0. The highest BCUT2D eigenvalue weighted by Gasteiger charge is 2.32. The molecule has 0 bridgehead atoms. The zero-order valence-corrected chi connectivity index (χ0v) is 13.4. The van der Waals surface area contributed by atoms with E-state index >= 15 is 0 Å². The van der Waals surface area contributed by atoms with Crippen molar-refractivity contribution in [2.45, 2.75) is 44.8 Å². The molecule has 5 heteroatoms. The van der Waals surface area contributed by atoms with E-state index in [4.69, 9.17) is 0 Å². The number of aromatic amines is 1. The molecule has 2 aromatic rings. The molecule has 2 unspecified atom stereocenters. The van der Waals surface area contributed by atoms with Crippen LogP contribution in [0.5, 0.6) is 0 Å². The summed E-state index contributed by atoms with van der Waals surface area (Å²) in [4.78, 5) is 14.5. The van der Waals surface area contributed by atoms with Crippen molar-refractivity contribution in [2.75, 3.05) is 6.54 Å². The fraction of sp³-hybridized carbons (Fsp3) is 0.444. The third-order valence-electron chi connectivity index (χ3n) is 4.55. The van der Waals surface area contributed by atoms with E-state index in [2.05, 4.69) is 10.2 Å². The highest BCUT2D eigenvalue weighted by atomic mass is 16.3. The first kappa shape index (κ1) is 15.7. The Bertz CT molecular complexity index is 653. The number of hydrogen-bond acceptors (Lipinski definition) is 3. The van der Waals surface area contributed by atoms with Crippen LogP contribution in [0.4, 0.5) is 0 Å². The first-order valence-corrected chi connectivity index (χ1v) is 8.27. The molecule has 3 rings (SSSR count). The maximum absolute atomic E-state index is 12.7. The number of amides is 1. The highest BCUT2D eigenvalue weighted by Crippen LogP contribution is 2.28. The molecule has 23 heavy (non-hydrogen) atoms. The number of carbonyl (C=O) groups excluding carboxylic acids is 1. The molecule has 1 fully saturated rings. The number of likely N-dealkylation sites (tertiary alicyclic amines) is 1. The van der Waals surface area contributed by atoms with Crippen LogP contribution in [0, 0.1) is 0 Å². The number of rotatable bonds is 5. The molecule has 0 saturated carbocycles. The van der Waals surface area contributed by atoms with E-state index in [1.54, 1.807) is 0 Å². The molecule has 1 aromatic carbocycles. The van der Waals surface area contributed by atoms with Gasteiger partial charge in [0.25, 0.3) is 5.91 Å². The van der Waals surface area contributed by atoms with Gasteiger partial charge in [-0.3, -0.25) is 9.89 Å². The van der Waals surface area contributed by atoms with Crippen LogP contribution >= 0.6 is 0 Å². The van der Waals surface area contributed by atoms with Crippen LogP contribution in [0.1, 0.15) is 54.0 Å². The minimum absolute atomic E-state index is 0.0382. The van der Waals surface area contributed by atoms with Crippen LogP contribution in [0.25, 0.3) is 0 Å². The number of carbonyl (C=O) groups is 1. The Kier molecular flexibility index (Phi) is 4.76. The van der Waals surface area contributed by atoms with Crippen molar-refractivity contribution in [3.05, 3.63) is 53.3 Å². The van der Waals surface area contributed by atoms with Gasteiger partial charge in [-0.1, -0.05) is 37.3 Å². The number of aliphatic hydroxyl groups excluding tert-OH is 1. The molecule has 1 saturated heterocycles. The van der Waals surface area contributed by atoms with Gasteiger partial charge < -0.3 is 10.0 Å². The second kappa shape index (κ2) is 6.96. The Morgan fingerprint density at radius 1 is 1.43 bits per heavy atom. The van der Waals surface area contributed by atoms with Crippen molar-refractivity contribution in [1.29, 1.82) is 0 Å². The lowest BCUT2D eigenvalue weighted by Gasteiger charge is -2.26. The van der Waals surface area contributed by atoms with Gasteiger partial charge in [-0.05, 0) is 37.3 Å². The molecule has 0 radical (unpaired) electrons. The van der Waals surface area contributed by atoms with Crippen molar-refractivity contribution in [1.82, 2.24) is 15.1 Å². The van der Waals surface area contributed by atoms with E-state index in [1.807, 2.05) is 48.2 Å². The van der Waals surface area contributed by atoms with Crippen molar-refractivity contribution < 1.29 is 9.90 Å². The van der Waals surface area contributed by atoms with E-state index in [9.17, 15) is 9.90 Å². The minimum Gasteiger partial charge on any atom is -0.388 e. The number of H-pyrrole nitrogens is 1. The summed E-state index contributed by atoms with van der Waals surface area (Å²) in [6.07, 6.45) is 2.76. The van der Waals surface area contributed by atoms with Crippen LogP contribution in [-0.4, -0.2) is 38.7 Å². The number of benzene rings is 1. The van der Waals surface area contributed by atoms with Crippen molar-refractivity contribution in [3.8, 4) is 0 Å². The average molecular weight is 313 g/mol. The van der Waals surface area contributed by atoms with Crippen molar-refractivity contribution in [3.63, 3.8) is 0 Å². The lowest BCUT2D eigenvalue weighted by atomic mass is 10.0. The number of nitrogens with one attached hydrogen (secondary N) is 1. The number of aliphatic hydroxyl groups is 1. The van der Waals surface area contributed by atoms with Crippen molar-refractivity contribution in [2.24, 2.45) is 0 Å². The monoisotopic (exact) mass is 313 g/mol. The third-order valence-corrected chi connectivity index (χ3v) is 4.55. The zero-order chi connectivity index (χ0) is 16.2. The molecule has 1 amide bonds. The molecule has 2 atom stereocenters. The average Bonchev–Trinajstić information content (AvgIpc) is 3.24. The molecular formula is C18H23N3O2. The van der Waals surface area contributed by atoms with Gasteiger partial charge in [0.1, 0.15) is 5.69 Å². The SMILES string of the molecule is CCc1cc(C(=O)N2CCCC2CC(O)c2ccccc2)n[nH]1. The molecule has 5 nitrogen and oxygen atoms in total. The Balaban J connectivity index is 1.69. The summed E-state index contributed by atoms with van der Waals surface area (Å²) in [5.41, 5.74) is 2.34. The number of hydrogen-bond donors (Lipinski definition) is 2. The van der Waals surface area contributed by atoms with Gasteiger partial charge >= 0.3 is 0 Å². The largest absolute Gasteiger partial charge is 0.388 e. The van der Waals surface area contributed by atoms with E-state index in [0.29, 0.717) is 12.1 Å². The second-order valence-corrected chi connectivity index (χ2v) is 6.09. The predicted molar refractivity (Wildman–Crippen MR) is 88.0 cm³/mol. The van der Waals surface area contributed by atoms with E-state index in [-0.39, 0.29) is 11.9 Å². The molecule has 2 N–H and O–H groups in total. The predicted octanol–water partition coefficient (Wildman–Crippen LogP) is 2.70. The lowest BCUT2D eigenvalue weighted by molar-refractivity contribution is 0.0661. The van der Waals surface area contributed by atoms with Gasteiger partial charge in [-0.15, -0.1) is 0 Å². The van der Waals surface area contributed by atoms with E-state index in [1.165, 1.54) is 0 Å². The quantitative estimate of drug-likeness (QED) is 0.891. The van der Waals surface area contributed by atoms with Crippen LogP contribution in [0.15, 0.2) is 36.4 Å². The van der Waals surface area contributed by atoms with Crippen LogP contribution in [0.3, 0.4) is 0 Å². The zero-order valence-electron chi connectivity index (χ0n) is 13.4. The first-order chi connectivity index (χ1) is 11.2. The first-order valence-electron chi connectivity index (χ1n) is 8.27. The van der Waals surface area contributed by atoms with Crippen LogP contribution < -0.4 is 0 Å². The summed E-state index contributed by atoms with van der Waals surface area (Å²) in [5.74, 6) is -0.0382. The van der Waals surface area contributed by atoms with Crippen LogP contribution in [0.2, 0.25) is 0 Å². The van der Waals surface area contributed by atoms with Gasteiger partial charge in [0.05, 0.1) is 6.10 Å². The molecule has 1 aliphatic rings. The molecule has 122 valence electrons. The minimum atomic E-state index is -0.542. The van der Waals surface area contributed by atoms with Gasteiger partial charge in [0.15, 0.2) is 0 Å². The Hall–Kier alpha value is -2.14. The standard InChI is InChI=1S/C18H23N3O2/c1-2-14-11-16(20-19-14)18(23)21-10-6-9-15(21)12-17(22)13-7-4-3-5-8-13/h3-5,7-8,11,15,17,22H,2,6,9-10,12H2,1H3,(H,19,20). The lowest BCUT2D eigenvalue weighted by Crippen LogP contribution is -2.36. The van der Waals surface area contributed by atoms with Gasteiger partial charge in [-0.25, -0.2) is 0 Å². The smallest absolute Gasteiger partial charge is 0.274 e. The molecule has 2 heterocycles. The third kappa shape index (κ3) is 3.45. The summed E-state index contributed by atoms with van der Waals surface area (Å²) in [5, 5.41) is 17.5. The molecule has 0 aliphatic carbocycles. The van der Waals surface area contributed by atoms with Crippen molar-refractivity contribution >= 4 is 5.91 Å². The number of nitrogens with zero attached hydrogens (tertiary/aromatic N) is 2. The summed E-state index contributed by atoms with van der Waals surface area (Å²) in [6.45, 7) is 2.76. The summed E-state index contributed by atoms with van der Waals surface area (Å²) in [7, 11) is 0. The van der Waals surface area contributed by atoms with E-state index < -0.39 is 6.10 Å². The maximum atomic E-state index is 12.7. The normalized spacial score (nSPS) is 19.0. The summed E-state index contributed by atoms with van der Waals surface area (Å²) < 4.78 is 0. The molecule has 0 spiro atoms. The second-order valence-electron chi connectivity index (χ2n) is 6.09. The van der Waals surface area contributed by atoms with Gasteiger partial charge in [-0.2, -0.15) is 5.10 Å². The topological polar surface area (TPSA) is 69.2 Å². The number of aryl methyl sites for hydroxylation is 1. The van der Waals surface area contributed by atoms with Gasteiger partial charge in [0.2, 0.25) is 0 Å². The van der Waals surface area contributed by atoms with Crippen LogP contribution in [-0.2, 0) is 6.42 Å². The van der Waals surface area contributed by atoms with E-state index in [0.717, 1.165) is 37.1 Å². The highest BCUT2D eigenvalue weighted by molar-refractivity contribution is 5.92.